The molecule has 15 heteroatoms. The van der Waals surface area contributed by atoms with E-state index in [1.807, 2.05) is 0 Å². The first-order valence-electron chi connectivity index (χ1n) is 39.1. The first-order valence-corrected chi connectivity index (χ1v) is 39.1. The maximum atomic E-state index is 14.0. The van der Waals surface area contributed by atoms with Gasteiger partial charge in [-0.3, -0.25) is 9.59 Å². The highest BCUT2D eigenvalue weighted by Gasteiger charge is 2.50. The summed E-state index contributed by atoms with van der Waals surface area (Å²) in [5, 5.41) is 89.7. The molecule has 15 nitrogen and oxygen atoms in total. The number of ether oxygens (including phenoxy) is 5. The molecule has 0 radical (unpaired) electrons. The van der Waals surface area contributed by atoms with Crippen molar-refractivity contribution in [2.75, 3.05) is 13.2 Å². The zero-order valence-corrected chi connectivity index (χ0v) is 59.1. The van der Waals surface area contributed by atoms with E-state index in [0.717, 1.165) is 103 Å². The van der Waals surface area contributed by atoms with Crippen LogP contribution in [0.3, 0.4) is 0 Å². The Morgan fingerprint density at radius 1 is 0.286 bits per heavy atom. The minimum atomic E-state index is -1.89. The fourth-order valence-corrected chi connectivity index (χ4v) is 13.5. The van der Waals surface area contributed by atoms with E-state index in [1.165, 1.54) is 218 Å². The summed E-state index contributed by atoms with van der Waals surface area (Å²) < 4.78 is 29.3. The van der Waals surface area contributed by atoms with Gasteiger partial charge >= 0.3 is 11.9 Å². The van der Waals surface area contributed by atoms with Crippen molar-refractivity contribution in [1.82, 2.24) is 0 Å². The van der Waals surface area contributed by atoms with Gasteiger partial charge in [0.2, 0.25) is 0 Å². The highest BCUT2D eigenvalue weighted by Crippen LogP contribution is 2.31. The second-order valence-electron chi connectivity index (χ2n) is 28.2. The molecule has 0 amide bonds. The van der Waals surface area contributed by atoms with Crippen LogP contribution < -0.4 is 0 Å². The summed E-state index contributed by atoms with van der Waals surface area (Å²) in [4.78, 5) is 27.9. The van der Waals surface area contributed by atoms with Crippen molar-refractivity contribution >= 4 is 11.9 Å². The van der Waals surface area contributed by atoms with Gasteiger partial charge in [0.25, 0.3) is 0 Å². The van der Waals surface area contributed by atoms with Crippen molar-refractivity contribution in [3.05, 3.63) is 0 Å². The number of aliphatic hydroxyl groups excluding tert-OH is 8. The third-order valence-corrected chi connectivity index (χ3v) is 19.9. The highest BCUT2D eigenvalue weighted by atomic mass is 16.8. The van der Waals surface area contributed by atoms with Crippen LogP contribution in [-0.2, 0) is 33.3 Å². The van der Waals surface area contributed by atoms with Crippen molar-refractivity contribution in [3.63, 3.8) is 0 Å². The Hall–Kier alpha value is -1.50. The lowest BCUT2D eigenvalue weighted by Crippen LogP contribution is -2.64. The molecule has 91 heavy (non-hydrogen) atoms. The quantitative estimate of drug-likeness (QED) is 0.0209. The lowest BCUT2D eigenvalue weighted by atomic mass is 9.91. The first-order chi connectivity index (χ1) is 44.3. The average molecular weight is 1300 g/mol. The SMILES string of the molecule is CCCCCCCCCCCCCCCC(O)C(CCCCCCCCCCCCCC)C(=O)OC[C@H]1O[C@H](O[C@H]2O[C@H](COC(=O)C(CCCCCCCCCCCCCC)C(O)CCCCCCCCCCCCCCC)[C@@H](O)[C@H](O)[C@H]2O)[C@H](O)[C@@H](O)[C@@H]1O. The summed E-state index contributed by atoms with van der Waals surface area (Å²) in [5.74, 6) is -2.93. The number of hydrogen-bond acceptors (Lipinski definition) is 15. The van der Waals surface area contributed by atoms with Crippen LogP contribution in [0.1, 0.15) is 374 Å². The molecule has 0 bridgehead atoms. The Labute approximate surface area is 556 Å². The van der Waals surface area contributed by atoms with E-state index in [0.29, 0.717) is 25.7 Å². The van der Waals surface area contributed by atoms with Crippen molar-refractivity contribution in [2.24, 2.45) is 11.8 Å². The second kappa shape index (κ2) is 58.6. The van der Waals surface area contributed by atoms with Gasteiger partial charge in [-0.05, 0) is 25.7 Å². The monoisotopic (exact) mass is 1300 g/mol. The molecule has 0 spiro atoms. The molecule has 2 saturated heterocycles. The fourth-order valence-electron chi connectivity index (χ4n) is 13.5. The number of carbonyl (C=O) groups excluding carboxylic acids is 2. The van der Waals surface area contributed by atoms with E-state index in [9.17, 15) is 50.4 Å². The van der Waals surface area contributed by atoms with Crippen LogP contribution in [0.4, 0.5) is 0 Å². The third kappa shape index (κ3) is 41.4. The van der Waals surface area contributed by atoms with Crippen LogP contribution in [0.15, 0.2) is 0 Å². The van der Waals surface area contributed by atoms with E-state index < -0.39 is 111 Å². The molecule has 8 N–H and O–H groups in total. The minimum Gasteiger partial charge on any atom is -0.463 e. The number of rotatable bonds is 64. The molecule has 0 saturated carbocycles. The molecule has 2 aliphatic rings. The third-order valence-electron chi connectivity index (χ3n) is 19.9. The molecule has 14 atom stereocenters. The number of carbonyl (C=O) groups is 2. The standard InChI is InChI=1S/C76H146O15/c1-5-9-13-17-21-25-29-33-37-41-45-49-53-57-63(77)61(55-51-47-43-39-35-31-27-23-19-15-11-7-3)73(85)87-59-65-67(79)69(81)71(83)75(89-65)91-76-72(84)70(82)68(80)66(90-76)60-88-74(86)62(56-52-48-44-40-36-32-28-24-20-16-12-8-4)64(78)58-54-50-46-42-38-34-30-26-22-18-14-10-6-2/h61-72,75-84H,5-60H2,1-4H3/t61?,62?,63?,64?,65-,66-,67-,68-,69+,70+,71-,72-,75-,76-/m1/s1. The molecule has 2 fully saturated rings. The lowest BCUT2D eigenvalue weighted by molar-refractivity contribution is -0.376. The fraction of sp³-hybridized carbons (Fsp3) is 0.974. The van der Waals surface area contributed by atoms with E-state index in [1.54, 1.807) is 0 Å². The molecule has 0 aromatic heterocycles. The maximum Gasteiger partial charge on any atom is 0.311 e. The van der Waals surface area contributed by atoms with Gasteiger partial charge in [0.1, 0.15) is 62.0 Å². The normalized spacial score (nSPS) is 23.3. The predicted molar refractivity (Wildman–Crippen MR) is 367 cm³/mol. The van der Waals surface area contributed by atoms with Crippen LogP contribution in [-0.4, -0.2) is 140 Å². The van der Waals surface area contributed by atoms with Crippen molar-refractivity contribution in [2.45, 2.75) is 448 Å². The average Bonchev–Trinajstić information content (AvgIpc) is 1.06. The van der Waals surface area contributed by atoms with E-state index in [2.05, 4.69) is 27.7 Å². The Balaban J connectivity index is 2.03. The summed E-state index contributed by atoms with van der Waals surface area (Å²) in [6.07, 6.45) is 41.7. The largest absolute Gasteiger partial charge is 0.463 e. The van der Waals surface area contributed by atoms with Crippen molar-refractivity contribution in [1.29, 1.82) is 0 Å². The van der Waals surface area contributed by atoms with Gasteiger partial charge in [0.05, 0.1) is 24.0 Å². The molecule has 4 unspecified atom stereocenters. The van der Waals surface area contributed by atoms with Gasteiger partial charge in [-0.25, -0.2) is 0 Å². The van der Waals surface area contributed by atoms with Crippen LogP contribution in [0.5, 0.6) is 0 Å². The topological polar surface area (TPSA) is 242 Å². The van der Waals surface area contributed by atoms with Gasteiger partial charge in [0, 0.05) is 0 Å². The van der Waals surface area contributed by atoms with Gasteiger partial charge in [-0.15, -0.1) is 0 Å². The Morgan fingerprint density at radius 2 is 0.484 bits per heavy atom. The number of esters is 2. The molecule has 0 aromatic rings. The molecule has 2 aliphatic heterocycles. The van der Waals surface area contributed by atoms with Gasteiger partial charge in [0.15, 0.2) is 12.6 Å². The van der Waals surface area contributed by atoms with E-state index in [-0.39, 0.29) is 0 Å². The number of aliphatic hydroxyl groups is 8. The Bertz CT molecular complexity index is 1510. The minimum absolute atomic E-state index is 0.429. The molecule has 0 aromatic carbocycles. The lowest BCUT2D eigenvalue weighted by Gasteiger charge is -2.44. The Kier molecular flexibility index (Phi) is 55.1. The molecule has 2 rings (SSSR count). The van der Waals surface area contributed by atoms with Crippen LogP contribution in [0, 0.1) is 11.8 Å². The predicted octanol–water partition coefficient (Wildman–Crippen LogP) is 16.8. The summed E-state index contributed by atoms with van der Waals surface area (Å²) in [7, 11) is 0. The number of unbranched alkanes of at least 4 members (excludes halogenated alkanes) is 46. The molecule has 0 aliphatic carbocycles. The molecule has 540 valence electrons. The van der Waals surface area contributed by atoms with Crippen LogP contribution in [0.2, 0.25) is 0 Å². The molecular formula is C76H146O15. The first kappa shape index (κ1) is 85.6. The highest BCUT2D eigenvalue weighted by molar-refractivity contribution is 5.73. The smallest absolute Gasteiger partial charge is 0.311 e. The summed E-state index contributed by atoms with van der Waals surface area (Å²) in [6.45, 7) is 7.86. The molecular weight excluding hydrogens is 1150 g/mol. The maximum absolute atomic E-state index is 14.0. The zero-order chi connectivity index (χ0) is 66.4. The van der Waals surface area contributed by atoms with Gasteiger partial charge < -0.3 is 64.5 Å². The molecule has 2 heterocycles. The van der Waals surface area contributed by atoms with Crippen LogP contribution in [0.25, 0.3) is 0 Å². The van der Waals surface area contributed by atoms with Crippen LogP contribution >= 0.6 is 0 Å². The zero-order valence-electron chi connectivity index (χ0n) is 59.1. The van der Waals surface area contributed by atoms with Gasteiger partial charge in [-0.1, -0.05) is 349 Å². The van der Waals surface area contributed by atoms with Gasteiger partial charge in [-0.2, -0.15) is 0 Å². The summed E-state index contributed by atoms with van der Waals surface area (Å²) >= 11 is 0. The van der Waals surface area contributed by atoms with E-state index in [4.69, 9.17) is 23.7 Å². The van der Waals surface area contributed by atoms with E-state index >= 15 is 0 Å². The number of hydrogen-bond donors (Lipinski definition) is 8. The van der Waals surface area contributed by atoms with Crippen molar-refractivity contribution in [3.8, 4) is 0 Å². The second-order valence-corrected chi connectivity index (χ2v) is 28.2. The summed E-state index contributed by atoms with van der Waals surface area (Å²) in [6, 6.07) is 0. The Morgan fingerprint density at radius 3 is 0.703 bits per heavy atom. The van der Waals surface area contributed by atoms with Crippen molar-refractivity contribution < 1.29 is 74.1 Å². The summed E-state index contributed by atoms with van der Waals surface area (Å²) in [5.41, 5.74) is 0.